The fourth-order valence-electron chi connectivity index (χ4n) is 14.6. The molecule has 0 fully saturated rings. The Kier molecular flexibility index (Phi) is 12.8. The molecule has 7 nitrogen and oxygen atoms in total. The lowest BCUT2D eigenvalue weighted by Gasteiger charge is -2.22. The smallest absolute Gasteiger partial charge is 0.164 e. The molecule has 0 aliphatic heterocycles. The Morgan fingerprint density at radius 1 is 0.250 bits per heavy atom. The molecule has 2 aliphatic carbocycles. The molecule has 4 aromatic heterocycles. The fraction of sp³-hybridized carbons (Fsp3) is 0.0706. The summed E-state index contributed by atoms with van der Waals surface area (Å²) in [5.41, 5.74) is 25.6. The third kappa shape index (κ3) is 8.91. The van der Waals surface area contributed by atoms with Crippen LogP contribution in [0.3, 0.4) is 0 Å². The molecule has 0 bridgehead atoms. The van der Waals surface area contributed by atoms with Crippen LogP contribution in [0.2, 0.25) is 0 Å². The van der Waals surface area contributed by atoms with E-state index in [4.69, 9.17) is 24.9 Å². The van der Waals surface area contributed by atoms with Crippen LogP contribution in [0.4, 0.5) is 0 Å². The van der Waals surface area contributed by atoms with Crippen LogP contribution in [0.1, 0.15) is 49.9 Å². The van der Waals surface area contributed by atoms with Gasteiger partial charge in [-0.25, -0.2) is 24.9 Å². The molecule has 0 atom stereocenters. The predicted octanol–water partition coefficient (Wildman–Crippen LogP) is 21.2. The average Bonchev–Trinajstić information content (AvgIpc) is 1.55. The van der Waals surface area contributed by atoms with Crippen molar-refractivity contribution >= 4 is 43.6 Å². The molecule has 0 N–H and O–H groups in total. The molecule has 7 heteroatoms. The second kappa shape index (κ2) is 21.5. The Balaban J connectivity index is 0.000000141. The van der Waals surface area contributed by atoms with E-state index >= 15 is 0 Å². The van der Waals surface area contributed by atoms with Crippen molar-refractivity contribution in [3.8, 4) is 102 Å². The maximum Gasteiger partial charge on any atom is 0.164 e. The number of para-hydroxylation sites is 2. The van der Waals surface area contributed by atoms with Gasteiger partial charge < -0.3 is 9.13 Å². The van der Waals surface area contributed by atoms with Gasteiger partial charge in [0, 0.05) is 77.1 Å². The van der Waals surface area contributed by atoms with Crippen LogP contribution in [0, 0.1) is 0 Å². The molecule has 436 valence electrons. The standard InChI is InChI=1S/C43H31N3.C42H30N4/c1-43(2)36-19-11-9-17-32(36)34-25-35-33-18-10-12-20-40(33)46(41(35)26-37(34)43)31-23-21-30(22-24-31)42-44-38(28-13-5-3-6-14-28)27-39(45-42)29-15-7-4-8-16-29;1-42(2)34-19-11-9-17-31(34)32-25-26-36-37(38(32)42)33-18-10-12-20-35(33)46(36)30-23-21-29(22-24-30)41-44-39(27-13-5-3-6-14-27)43-40(45-41)28-15-7-4-8-16-28/h3-27H,1-2H3;3-26H,1-2H3. The molecule has 0 unspecified atom stereocenters. The highest BCUT2D eigenvalue weighted by Gasteiger charge is 2.39. The van der Waals surface area contributed by atoms with E-state index in [-0.39, 0.29) is 10.8 Å². The summed E-state index contributed by atoms with van der Waals surface area (Å²) in [6.45, 7) is 9.41. The number of hydrogen-bond donors (Lipinski definition) is 0. The number of fused-ring (bicyclic) bond motifs is 13. The lowest BCUT2D eigenvalue weighted by atomic mass is 9.80. The third-order valence-corrected chi connectivity index (χ3v) is 19.1. The largest absolute Gasteiger partial charge is 0.309 e. The van der Waals surface area contributed by atoms with E-state index in [9.17, 15) is 0 Å². The van der Waals surface area contributed by atoms with Gasteiger partial charge in [-0.1, -0.05) is 240 Å². The molecule has 4 heterocycles. The monoisotopic (exact) mass is 1180 g/mol. The molecular formula is C85H61N7. The minimum atomic E-state index is -0.101. The van der Waals surface area contributed by atoms with E-state index in [1.165, 1.54) is 88.1 Å². The SMILES string of the molecule is CC1(C)c2ccccc2-c2cc3c4ccccc4n(-c4ccc(-c5nc(-c6ccccc6)cc(-c6ccccc6)n5)cc4)c3cc21.CC1(C)c2ccccc2-c2ccc3c(c21)c1ccccc1n3-c1ccc(-c2nc(-c3ccccc3)nc(-c3ccccc3)n2)cc1. The van der Waals surface area contributed by atoms with Crippen LogP contribution in [-0.4, -0.2) is 34.1 Å². The van der Waals surface area contributed by atoms with E-state index in [1.807, 2.05) is 72.8 Å². The minimum Gasteiger partial charge on any atom is -0.309 e. The van der Waals surface area contributed by atoms with Crippen molar-refractivity contribution in [3.05, 3.63) is 320 Å². The molecule has 0 spiro atoms. The van der Waals surface area contributed by atoms with Gasteiger partial charge in [-0.05, 0) is 129 Å². The molecule has 0 radical (unpaired) electrons. The maximum atomic E-state index is 5.05. The zero-order valence-corrected chi connectivity index (χ0v) is 51.4. The fourth-order valence-corrected chi connectivity index (χ4v) is 14.6. The summed E-state index contributed by atoms with van der Waals surface area (Å²) in [6.07, 6.45) is 0. The van der Waals surface area contributed by atoms with Gasteiger partial charge >= 0.3 is 0 Å². The van der Waals surface area contributed by atoms with Crippen LogP contribution >= 0.6 is 0 Å². The highest BCUT2D eigenvalue weighted by Crippen LogP contribution is 2.54. The summed E-state index contributed by atoms with van der Waals surface area (Å²) in [4.78, 5) is 24.8. The Labute approximate surface area is 534 Å². The predicted molar refractivity (Wildman–Crippen MR) is 378 cm³/mol. The number of aromatic nitrogens is 7. The summed E-state index contributed by atoms with van der Waals surface area (Å²) >= 11 is 0. The first-order valence-electron chi connectivity index (χ1n) is 31.6. The van der Waals surface area contributed by atoms with Crippen molar-refractivity contribution < 1.29 is 0 Å². The van der Waals surface area contributed by atoms with Gasteiger partial charge in [0.25, 0.3) is 0 Å². The molecular weight excluding hydrogens is 1120 g/mol. The highest BCUT2D eigenvalue weighted by atomic mass is 15.0. The summed E-state index contributed by atoms with van der Waals surface area (Å²) in [6, 6.07) is 105. The Hall–Kier alpha value is -11.7. The summed E-state index contributed by atoms with van der Waals surface area (Å²) in [5.74, 6) is 2.69. The summed E-state index contributed by atoms with van der Waals surface area (Å²) < 4.78 is 4.80. The molecule has 16 aromatic rings. The summed E-state index contributed by atoms with van der Waals surface area (Å²) in [7, 11) is 0. The van der Waals surface area contributed by atoms with E-state index in [2.05, 4.69) is 261 Å². The zero-order valence-electron chi connectivity index (χ0n) is 51.4. The van der Waals surface area contributed by atoms with E-state index in [1.54, 1.807) is 0 Å². The second-order valence-electron chi connectivity index (χ2n) is 25.2. The normalized spacial score (nSPS) is 13.2. The van der Waals surface area contributed by atoms with Crippen LogP contribution in [0.25, 0.3) is 145 Å². The van der Waals surface area contributed by atoms with Gasteiger partial charge in [0.2, 0.25) is 0 Å². The van der Waals surface area contributed by atoms with Gasteiger partial charge in [-0.3, -0.25) is 0 Å². The molecule has 18 rings (SSSR count). The van der Waals surface area contributed by atoms with Crippen LogP contribution in [-0.2, 0) is 10.8 Å². The van der Waals surface area contributed by atoms with Crippen molar-refractivity contribution in [2.24, 2.45) is 0 Å². The summed E-state index contributed by atoms with van der Waals surface area (Å²) in [5, 5.41) is 5.14. The van der Waals surface area contributed by atoms with Crippen LogP contribution in [0.5, 0.6) is 0 Å². The lowest BCUT2D eigenvalue weighted by Crippen LogP contribution is -2.15. The van der Waals surface area contributed by atoms with Crippen LogP contribution < -0.4 is 0 Å². The maximum absolute atomic E-state index is 5.05. The Morgan fingerprint density at radius 3 is 1.18 bits per heavy atom. The van der Waals surface area contributed by atoms with Gasteiger partial charge in [-0.2, -0.15) is 0 Å². The van der Waals surface area contributed by atoms with Gasteiger partial charge in [0.05, 0.1) is 33.5 Å². The molecule has 0 saturated heterocycles. The second-order valence-corrected chi connectivity index (χ2v) is 25.2. The lowest BCUT2D eigenvalue weighted by molar-refractivity contribution is 0.661. The number of rotatable bonds is 8. The van der Waals surface area contributed by atoms with E-state index < -0.39 is 0 Å². The van der Waals surface area contributed by atoms with Crippen molar-refractivity contribution in [2.45, 2.75) is 38.5 Å². The third-order valence-electron chi connectivity index (χ3n) is 19.1. The molecule has 12 aromatic carbocycles. The van der Waals surface area contributed by atoms with Gasteiger partial charge in [0.1, 0.15) is 0 Å². The van der Waals surface area contributed by atoms with E-state index in [0.717, 1.165) is 56.1 Å². The molecule has 92 heavy (non-hydrogen) atoms. The Bertz CT molecular complexity index is 5240. The molecule has 0 amide bonds. The van der Waals surface area contributed by atoms with Crippen molar-refractivity contribution in [2.75, 3.05) is 0 Å². The van der Waals surface area contributed by atoms with Crippen LogP contribution in [0.15, 0.2) is 297 Å². The van der Waals surface area contributed by atoms with Gasteiger partial charge in [0.15, 0.2) is 23.3 Å². The first-order valence-corrected chi connectivity index (χ1v) is 31.6. The van der Waals surface area contributed by atoms with E-state index in [0.29, 0.717) is 23.3 Å². The highest BCUT2D eigenvalue weighted by molar-refractivity contribution is 6.15. The average molecular weight is 1180 g/mol. The van der Waals surface area contributed by atoms with Crippen molar-refractivity contribution in [3.63, 3.8) is 0 Å². The number of nitrogens with zero attached hydrogens (tertiary/aromatic N) is 7. The zero-order chi connectivity index (χ0) is 61.7. The molecule has 0 saturated carbocycles. The Morgan fingerprint density at radius 2 is 0.652 bits per heavy atom. The molecule has 2 aliphatic rings. The first kappa shape index (κ1) is 54.5. The van der Waals surface area contributed by atoms with Crippen molar-refractivity contribution in [1.82, 2.24) is 34.1 Å². The number of benzene rings is 12. The minimum absolute atomic E-state index is 0.0666. The number of hydrogen-bond acceptors (Lipinski definition) is 5. The first-order chi connectivity index (χ1) is 45.1. The quantitative estimate of drug-likeness (QED) is 0.152. The topological polar surface area (TPSA) is 74.3 Å². The van der Waals surface area contributed by atoms with Gasteiger partial charge in [-0.15, -0.1) is 0 Å². The van der Waals surface area contributed by atoms with Crippen molar-refractivity contribution in [1.29, 1.82) is 0 Å².